The molecule has 1 fully saturated rings. The predicted octanol–water partition coefficient (Wildman–Crippen LogP) is 3.41. The van der Waals surface area contributed by atoms with E-state index >= 15 is 0 Å². The number of rotatable bonds is 6. The molecular formula is C18H13F2NO5S. The summed E-state index contributed by atoms with van der Waals surface area (Å²) in [4.78, 5) is 37.6. The lowest BCUT2D eigenvalue weighted by molar-refractivity contribution is -0.121. The lowest BCUT2D eigenvalue weighted by Crippen LogP contribution is -2.31. The van der Waals surface area contributed by atoms with Crippen molar-refractivity contribution in [3.8, 4) is 5.75 Å². The van der Waals surface area contributed by atoms with E-state index in [1.54, 1.807) is 18.2 Å². The fourth-order valence-corrected chi connectivity index (χ4v) is 3.82. The standard InChI is InChI=1S/C18H13F2NO5S/c19-18(20)26-11-7-5-10(6-8-11)21-15(22)9-14(16(21)23)27-13-4-2-1-3-12(13)17(24)25/h1-8,14,18H,9H2,(H,24,25). The third kappa shape index (κ3) is 4.08. The Kier molecular flexibility index (Phi) is 5.41. The van der Waals surface area contributed by atoms with Crippen molar-refractivity contribution in [2.24, 2.45) is 0 Å². The van der Waals surface area contributed by atoms with Crippen molar-refractivity contribution in [2.45, 2.75) is 23.2 Å². The van der Waals surface area contributed by atoms with E-state index in [-0.39, 0.29) is 23.4 Å². The Morgan fingerprint density at radius 2 is 1.81 bits per heavy atom. The number of thioether (sulfide) groups is 1. The van der Waals surface area contributed by atoms with E-state index < -0.39 is 29.6 Å². The van der Waals surface area contributed by atoms with Gasteiger partial charge in [-0.3, -0.25) is 9.59 Å². The molecule has 2 aromatic carbocycles. The molecule has 6 nitrogen and oxygen atoms in total. The molecule has 0 aliphatic carbocycles. The molecule has 0 aromatic heterocycles. The zero-order valence-electron chi connectivity index (χ0n) is 13.7. The van der Waals surface area contributed by atoms with Crippen molar-refractivity contribution < 1.29 is 33.0 Å². The highest BCUT2D eigenvalue weighted by molar-refractivity contribution is 8.00. The highest BCUT2D eigenvalue weighted by atomic mass is 32.2. The molecule has 1 unspecified atom stereocenters. The molecule has 1 heterocycles. The van der Waals surface area contributed by atoms with Crippen LogP contribution in [0, 0.1) is 0 Å². The molecule has 0 spiro atoms. The van der Waals surface area contributed by atoms with Gasteiger partial charge in [0.2, 0.25) is 11.8 Å². The Hall–Kier alpha value is -2.94. The number of benzene rings is 2. The number of carboxylic acids is 1. The Morgan fingerprint density at radius 3 is 2.44 bits per heavy atom. The van der Waals surface area contributed by atoms with Crippen LogP contribution in [0.4, 0.5) is 14.5 Å². The van der Waals surface area contributed by atoms with Crippen LogP contribution in [-0.2, 0) is 9.59 Å². The SMILES string of the molecule is O=C(O)c1ccccc1SC1CC(=O)N(c2ccc(OC(F)F)cc2)C1=O. The largest absolute Gasteiger partial charge is 0.478 e. The third-order valence-corrected chi connectivity index (χ3v) is 5.07. The smallest absolute Gasteiger partial charge is 0.387 e. The molecule has 1 saturated heterocycles. The van der Waals surface area contributed by atoms with Gasteiger partial charge in [-0.15, -0.1) is 11.8 Å². The van der Waals surface area contributed by atoms with Gasteiger partial charge in [-0.2, -0.15) is 8.78 Å². The van der Waals surface area contributed by atoms with E-state index in [0.717, 1.165) is 16.7 Å². The summed E-state index contributed by atoms with van der Waals surface area (Å²) < 4.78 is 28.7. The fraction of sp³-hybridized carbons (Fsp3) is 0.167. The summed E-state index contributed by atoms with van der Waals surface area (Å²) in [6.45, 7) is -2.97. The number of alkyl halides is 2. The Balaban J connectivity index is 1.78. The maximum absolute atomic E-state index is 12.7. The maximum atomic E-state index is 12.7. The Morgan fingerprint density at radius 1 is 1.15 bits per heavy atom. The van der Waals surface area contributed by atoms with Gasteiger partial charge in [0.05, 0.1) is 16.5 Å². The van der Waals surface area contributed by atoms with Gasteiger partial charge in [-0.1, -0.05) is 12.1 Å². The van der Waals surface area contributed by atoms with Crippen molar-refractivity contribution in [2.75, 3.05) is 4.90 Å². The Bertz CT molecular complexity index is 888. The molecular weight excluding hydrogens is 380 g/mol. The van der Waals surface area contributed by atoms with Crippen LogP contribution in [0.3, 0.4) is 0 Å². The average Bonchev–Trinajstić information content (AvgIpc) is 2.89. The number of hydrogen-bond donors (Lipinski definition) is 1. The van der Waals surface area contributed by atoms with E-state index in [9.17, 15) is 28.3 Å². The molecule has 1 N–H and O–H groups in total. The number of nitrogens with zero attached hydrogens (tertiary/aromatic N) is 1. The summed E-state index contributed by atoms with van der Waals surface area (Å²) in [7, 11) is 0. The fourth-order valence-electron chi connectivity index (χ4n) is 2.64. The first kappa shape index (κ1) is 18.8. The van der Waals surface area contributed by atoms with Crippen molar-refractivity contribution in [1.29, 1.82) is 0 Å². The van der Waals surface area contributed by atoms with Crippen LogP contribution in [0.15, 0.2) is 53.4 Å². The topological polar surface area (TPSA) is 83.9 Å². The molecule has 9 heteroatoms. The predicted molar refractivity (Wildman–Crippen MR) is 93.2 cm³/mol. The van der Waals surface area contributed by atoms with E-state index in [1.165, 1.54) is 30.3 Å². The molecule has 0 saturated carbocycles. The van der Waals surface area contributed by atoms with Gasteiger partial charge in [0, 0.05) is 11.3 Å². The number of ether oxygens (including phenoxy) is 1. The minimum absolute atomic E-state index is 0.0506. The first-order chi connectivity index (χ1) is 12.9. The van der Waals surface area contributed by atoms with Gasteiger partial charge in [-0.05, 0) is 36.4 Å². The summed E-state index contributed by atoms with van der Waals surface area (Å²) in [6, 6.07) is 11.4. The highest BCUT2D eigenvalue weighted by Crippen LogP contribution is 2.36. The van der Waals surface area contributed by atoms with Gasteiger partial charge >= 0.3 is 12.6 Å². The van der Waals surface area contributed by atoms with Crippen LogP contribution >= 0.6 is 11.8 Å². The molecule has 0 radical (unpaired) electrons. The van der Waals surface area contributed by atoms with Gasteiger partial charge in [-0.25, -0.2) is 9.69 Å². The van der Waals surface area contributed by atoms with E-state index in [0.29, 0.717) is 4.90 Å². The molecule has 1 aliphatic rings. The number of carbonyl (C=O) groups is 3. The lowest BCUT2D eigenvalue weighted by atomic mass is 10.2. The monoisotopic (exact) mass is 393 g/mol. The Labute approximate surface area is 156 Å². The molecule has 3 rings (SSSR count). The van der Waals surface area contributed by atoms with E-state index in [2.05, 4.69) is 4.74 Å². The first-order valence-electron chi connectivity index (χ1n) is 7.77. The second kappa shape index (κ2) is 7.75. The van der Waals surface area contributed by atoms with E-state index in [4.69, 9.17) is 0 Å². The summed E-state index contributed by atoms with van der Waals surface area (Å²) in [5.41, 5.74) is 0.288. The van der Waals surface area contributed by atoms with Crippen molar-refractivity contribution >= 4 is 35.2 Å². The normalized spacial score (nSPS) is 16.9. The number of hydrogen-bond acceptors (Lipinski definition) is 5. The molecule has 1 aliphatic heterocycles. The second-order valence-electron chi connectivity index (χ2n) is 5.55. The second-order valence-corrected chi connectivity index (χ2v) is 6.80. The number of anilines is 1. The molecule has 0 bridgehead atoms. The number of aromatic carboxylic acids is 1. The van der Waals surface area contributed by atoms with Gasteiger partial charge < -0.3 is 9.84 Å². The average molecular weight is 393 g/mol. The minimum atomic E-state index is -2.97. The van der Waals surface area contributed by atoms with Crippen LogP contribution in [0.25, 0.3) is 0 Å². The first-order valence-corrected chi connectivity index (χ1v) is 8.65. The molecule has 27 heavy (non-hydrogen) atoms. The van der Waals surface area contributed by atoms with Crippen molar-refractivity contribution in [3.63, 3.8) is 0 Å². The minimum Gasteiger partial charge on any atom is -0.478 e. The third-order valence-electron chi connectivity index (χ3n) is 3.81. The number of carboxylic acid groups (broad SMARTS) is 1. The summed E-state index contributed by atoms with van der Waals surface area (Å²) >= 11 is 1.01. The number of imide groups is 1. The summed E-state index contributed by atoms with van der Waals surface area (Å²) in [6.07, 6.45) is -0.0905. The zero-order valence-corrected chi connectivity index (χ0v) is 14.5. The zero-order chi connectivity index (χ0) is 19.6. The molecule has 140 valence electrons. The summed E-state index contributed by atoms with van der Waals surface area (Å²) in [5.74, 6) is -2.16. The summed E-state index contributed by atoms with van der Waals surface area (Å²) in [5, 5.41) is 8.47. The molecule has 2 aromatic rings. The maximum Gasteiger partial charge on any atom is 0.387 e. The van der Waals surface area contributed by atoms with Gasteiger partial charge in [0.1, 0.15) is 5.75 Å². The van der Waals surface area contributed by atoms with Gasteiger partial charge in [0.15, 0.2) is 0 Å². The number of amides is 2. The van der Waals surface area contributed by atoms with Gasteiger partial charge in [0.25, 0.3) is 0 Å². The highest BCUT2D eigenvalue weighted by Gasteiger charge is 2.40. The van der Waals surface area contributed by atoms with Crippen LogP contribution in [0.5, 0.6) is 5.75 Å². The van der Waals surface area contributed by atoms with E-state index in [1.807, 2.05) is 0 Å². The van der Waals surface area contributed by atoms with Crippen LogP contribution in [0.2, 0.25) is 0 Å². The molecule has 2 amide bonds. The number of carbonyl (C=O) groups excluding carboxylic acids is 2. The van der Waals surface area contributed by atoms with Crippen molar-refractivity contribution in [1.82, 2.24) is 0 Å². The quantitative estimate of drug-likeness (QED) is 0.758. The number of halogens is 2. The van der Waals surface area contributed by atoms with Crippen LogP contribution < -0.4 is 9.64 Å². The van der Waals surface area contributed by atoms with Crippen LogP contribution in [0.1, 0.15) is 16.8 Å². The van der Waals surface area contributed by atoms with Crippen LogP contribution in [-0.4, -0.2) is 34.8 Å². The van der Waals surface area contributed by atoms with Crippen molar-refractivity contribution in [3.05, 3.63) is 54.1 Å². The lowest BCUT2D eigenvalue weighted by Gasteiger charge is -2.16. The molecule has 1 atom stereocenters.